The van der Waals surface area contributed by atoms with Gasteiger partial charge in [-0.3, -0.25) is 4.79 Å². The summed E-state index contributed by atoms with van der Waals surface area (Å²) in [5.41, 5.74) is 1.06. The van der Waals surface area contributed by atoms with Gasteiger partial charge in [0.15, 0.2) is 12.4 Å². The van der Waals surface area contributed by atoms with E-state index >= 15 is 0 Å². The lowest BCUT2D eigenvalue weighted by atomic mass is 9.98. The van der Waals surface area contributed by atoms with Crippen LogP contribution in [0.5, 0.6) is 5.75 Å². The summed E-state index contributed by atoms with van der Waals surface area (Å²) in [5, 5.41) is 4.02. The Morgan fingerprint density at radius 1 is 1.34 bits per heavy atom. The van der Waals surface area contributed by atoms with Gasteiger partial charge in [-0.1, -0.05) is 17.3 Å². The number of aromatic nitrogens is 2. The van der Waals surface area contributed by atoms with Crippen molar-refractivity contribution in [1.82, 2.24) is 19.3 Å². The SMILES string of the molecule is Cc1cccc(OCC(=O)N(C)Cc2nc(C3CCN(S(C)(=O)=O)CC3)no2)c1. The van der Waals surface area contributed by atoms with Crippen LogP contribution in [0.3, 0.4) is 0 Å². The summed E-state index contributed by atoms with van der Waals surface area (Å²) >= 11 is 0. The fourth-order valence-electron chi connectivity index (χ4n) is 3.20. The molecule has 29 heavy (non-hydrogen) atoms. The van der Waals surface area contributed by atoms with E-state index in [4.69, 9.17) is 9.26 Å². The fraction of sp³-hybridized carbons (Fsp3) is 0.526. The van der Waals surface area contributed by atoms with Crippen molar-refractivity contribution >= 4 is 15.9 Å². The smallest absolute Gasteiger partial charge is 0.260 e. The number of sulfonamides is 1. The third-order valence-corrected chi connectivity index (χ3v) is 6.23. The first-order valence-corrected chi connectivity index (χ1v) is 11.3. The number of hydrogen-bond acceptors (Lipinski definition) is 7. The number of likely N-dealkylation sites (N-methyl/N-ethyl adjacent to an activating group) is 1. The Labute approximate surface area is 170 Å². The lowest BCUT2D eigenvalue weighted by Crippen LogP contribution is -2.37. The molecular weight excluding hydrogens is 396 g/mol. The van der Waals surface area contributed by atoms with Crippen molar-refractivity contribution in [1.29, 1.82) is 0 Å². The van der Waals surface area contributed by atoms with Crippen LogP contribution in [0.1, 0.15) is 36.0 Å². The molecule has 158 valence electrons. The highest BCUT2D eigenvalue weighted by Gasteiger charge is 2.28. The van der Waals surface area contributed by atoms with Crippen molar-refractivity contribution in [3.05, 3.63) is 41.5 Å². The fourth-order valence-corrected chi connectivity index (χ4v) is 4.07. The molecule has 2 aromatic rings. The molecule has 0 atom stereocenters. The average Bonchev–Trinajstić information content (AvgIpc) is 3.14. The Morgan fingerprint density at radius 3 is 2.72 bits per heavy atom. The summed E-state index contributed by atoms with van der Waals surface area (Å²) in [6, 6.07) is 7.50. The summed E-state index contributed by atoms with van der Waals surface area (Å²) in [7, 11) is -1.52. The second-order valence-corrected chi connectivity index (χ2v) is 9.32. The first-order valence-electron chi connectivity index (χ1n) is 9.43. The molecule has 3 rings (SSSR count). The Bertz CT molecular complexity index is 951. The van der Waals surface area contributed by atoms with Crippen molar-refractivity contribution in [3.8, 4) is 5.75 Å². The molecule has 1 aromatic carbocycles. The van der Waals surface area contributed by atoms with Gasteiger partial charge in [0.05, 0.1) is 12.8 Å². The zero-order valence-corrected chi connectivity index (χ0v) is 17.7. The molecule has 1 saturated heterocycles. The maximum absolute atomic E-state index is 12.3. The molecule has 1 amide bonds. The van der Waals surface area contributed by atoms with Gasteiger partial charge in [-0.2, -0.15) is 4.98 Å². The van der Waals surface area contributed by atoms with Crippen molar-refractivity contribution < 1.29 is 22.5 Å². The maximum Gasteiger partial charge on any atom is 0.260 e. The second-order valence-electron chi connectivity index (χ2n) is 7.34. The Hall–Kier alpha value is -2.46. The molecule has 9 nitrogen and oxygen atoms in total. The molecule has 1 fully saturated rings. The van der Waals surface area contributed by atoms with Crippen LogP contribution >= 0.6 is 0 Å². The van der Waals surface area contributed by atoms with E-state index in [1.54, 1.807) is 13.1 Å². The van der Waals surface area contributed by atoms with Gasteiger partial charge in [-0.15, -0.1) is 0 Å². The average molecular weight is 423 g/mol. The Morgan fingerprint density at radius 2 is 2.07 bits per heavy atom. The number of carbonyl (C=O) groups is 1. The van der Waals surface area contributed by atoms with Crippen molar-refractivity contribution in [2.75, 3.05) is 33.0 Å². The molecule has 0 unspecified atom stereocenters. The van der Waals surface area contributed by atoms with E-state index in [1.165, 1.54) is 15.5 Å². The number of aryl methyl sites for hydroxylation is 1. The first-order chi connectivity index (χ1) is 13.7. The number of hydrogen-bond donors (Lipinski definition) is 0. The molecule has 1 aromatic heterocycles. The predicted molar refractivity (Wildman–Crippen MR) is 106 cm³/mol. The maximum atomic E-state index is 12.3. The van der Waals surface area contributed by atoms with Gasteiger partial charge in [0.2, 0.25) is 15.9 Å². The zero-order valence-electron chi connectivity index (χ0n) is 16.9. The molecular formula is C19H26N4O5S. The second kappa shape index (κ2) is 8.91. The molecule has 1 aliphatic rings. The minimum atomic E-state index is -3.17. The minimum Gasteiger partial charge on any atom is -0.484 e. The van der Waals surface area contributed by atoms with Crippen LogP contribution in [0.4, 0.5) is 0 Å². The van der Waals surface area contributed by atoms with Crippen LogP contribution in [0, 0.1) is 6.92 Å². The van der Waals surface area contributed by atoms with Gasteiger partial charge in [0.1, 0.15) is 5.75 Å². The summed E-state index contributed by atoms with van der Waals surface area (Å²) < 4.78 is 35.5. The minimum absolute atomic E-state index is 0.0520. The van der Waals surface area contributed by atoms with Gasteiger partial charge >= 0.3 is 0 Å². The molecule has 0 bridgehead atoms. The van der Waals surface area contributed by atoms with Crippen LogP contribution in [-0.4, -0.2) is 66.7 Å². The highest BCUT2D eigenvalue weighted by Crippen LogP contribution is 2.27. The molecule has 10 heteroatoms. The van der Waals surface area contributed by atoms with E-state index in [-0.39, 0.29) is 25.0 Å². The van der Waals surface area contributed by atoms with Crippen LogP contribution in [-0.2, 0) is 21.4 Å². The number of carbonyl (C=O) groups excluding carboxylic acids is 1. The lowest BCUT2D eigenvalue weighted by Gasteiger charge is -2.28. The van der Waals surface area contributed by atoms with Gasteiger partial charge < -0.3 is 14.2 Å². The number of piperidine rings is 1. The lowest BCUT2D eigenvalue weighted by molar-refractivity contribution is -0.132. The van der Waals surface area contributed by atoms with Crippen LogP contribution in [0.25, 0.3) is 0 Å². The third kappa shape index (κ3) is 5.77. The van der Waals surface area contributed by atoms with Crippen LogP contribution in [0.15, 0.2) is 28.8 Å². The first kappa shape index (κ1) is 21.3. The highest BCUT2D eigenvalue weighted by molar-refractivity contribution is 7.88. The number of benzene rings is 1. The van der Waals surface area contributed by atoms with Crippen molar-refractivity contribution in [3.63, 3.8) is 0 Å². The number of amides is 1. The van der Waals surface area contributed by atoms with Crippen LogP contribution in [0.2, 0.25) is 0 Å². The number of rotatable bonds is 7. The van der Waals surface area contributed by atoms with E-state index in [0.717, 1.165) is 5.56 Å². The largest absolute Gasteiger partial charge is 0.484 e. The van der Waals surface area contributed by atoms with E-state index in [0.29, 0.717) is 43.4 Å². The molecule has 0 spiro atoms. The Kier molecular flexibility index (Phi) is 6.53. The normalized spacial score (nSPS) is 16.0. The summed E-state index contributed by atoms with van der Waals surface area (Å²) in [6.45, 7) is 2.96. The van der Waals surface area contributed by atoms with E-state index in [9.17, 15) is 13.2 Å². The predicted octanol–water partition coefficient (Wildman–Crippen LogP) is 1.55. The van der Waals surface area contributed by atoms with E-state index in [2.05, 4.69) is 10.1 Å². The highest BCUT2D eigenvalue weighted by atomic mass is 32.2. The van der Waals surface area contributed by atoms with Crippen LogP contribution < -0.4 is 4.74 Å². The van der Waals surface area contributed by atoms with Gasteiger partial charge in [0, 0.05) is 26.1 Å². The molecule has 0 N–H and O–H groups in total. The third-order valence-electron chi connectivity index (χ3n) is 4.92. The summed E-state index contributed by atoms with van der Waals surface area (Å²) in [6.07, 6.45) is 2.51. The summed E-state index contributed by atoms with van der Waals surface area (Å²) in [5.74, 6) is 1.40. The molecule has 1 aliphatic heterocycles. The number of nitrogens with zero attached hydrogens (tertiary/aromatic N) is 4. The van der Waals surface area contributed by atoms with Gasteiger partial charge in [-0.05, 0) is 37.5 Å². The quantitative estimate of drug-likeness (QED) is 0.666. The van der Waals surface area contributed by atoms with E-state index in [1.807, 2.05) is 25.1 Å². The van der Waals surface area contributed by atoms with E-state index < -0.39 is 10.0 Å². The standard InChI is InChI=1S/C19H26N4O5S/c1-14-5-4-6-16(11-14)27-13-18(24)22(2)12-17-20-19(21-28-17)15-7-9-23(10-8-15)29(3,25)26/h4-6,11,15H,7-10,12-13H2,1-3H3. The summed E-state index contributed by atoms with van der Waals surface area (Å²) in [4.78, 5) is 18.2. The molecule has 0 saturated carbocycles. The molecule has 0 aliphatic carbocycles. The van der Waals surface area contributed by atoms with Gasteiger partial charge in [0.25, 0.3) is 5.91 Å². The topological polar surface area (TPSA) is 106 Å². The monoisotopic (exact) mass is 422 g/mol. The number of ether oxygens (including phenoxy) is 1. The molecule has 2 heterocycles. The van der Waals surface area contributed by atoms with Gasteiger partial charge in [-0.25, -0.2) is 12.7 Å². The van der Waals surface area contributed by atoms with Crippen molar-refractivity contribution in [2.45, 2.75) is 32.2 Å². The zero-order chi connectivity index (χ0) is 21.0. The molecule has 0 radical (unpaired) electrons. The Balaban J connectivity index is 1.50. The van der Waals surface area contributed by atoms with Crippen molar-refractivity contribution in [2.24, 2.45) is 0 Å².